The van der Waals surface area contributed by atoms with E-state index in [1.165, 1.54) is 12.1 Å². The highest BCUT2D eigenvalue weighted by atomic mass is 19.1. The topological polar surface area (TPSA) is 82.0 Å². The van der Waals surface area contributed by atoms with E-state index in [1.807, 2.05) is 0 Å². The lowest BCUT2D eigenvalue weighted by molar-refractivity contribution is -0.133. The van der Waals surface area contributed by atoms with E-state index in [2.05, 4.69) is 10.6 Å². The summed E-state index contributed by atoms with van der Waals surface area (Å²) in [6, 6.07) is 5.16. The normalized spacial score (nSPS) is 19.0. The number of nitrogens with zero attached hydrogens (tertiary/aromatic N) is 1. The summed E-state index contributed by atoms with van der Waals surface area (Å²) in [7, 11) is 0. The summed E-state index contributed by atoms with van der Waals surface area (Å²) in [6.07, 6.45) is 0.619. The van der Waals surface area contributed by atoms with Crippen LogP contribution >= 0.6 is 0 Å². The molecular formula is C12H10FN3O2. The lowest BCUT2D eigenvalue weighted by Crippen LogP contribution is -2.47. The van der Waals surface area contributed by atoms with Crippen molar-refractivity contribution in [2.45, 2.75) is 18.9 Å². The zero-order valence-corrected chi connectivity index (χ0v) is 9.37. The SMILES string of the molecule is N#Cc1ccc(NC2CCC(=O)NC2=O)cc1F. The fraction of sp³-hybridized carbons (Fsp3) is 0.250. The number of carbonyl (C=O) groups is 2. The number of nitriles is 1. The van der Waals surface area contributed by atoms with E-state index in [9.17, 15) is 14.0 Å². The smallest absolute Gasteiger partial charge is 0.249 e. The van der Waals surface area contributed by atoms with Crippen LogP contribution in [0.15, 0.2) is 18.2 Å². The van der Waals surface area contributed by atoms with Crippen LogP contribution in [0.25, 0.3) is 0 Å². The Balaban J connectivity index is 2.10. The van der Waals surface area contributed by atoms with Crippen molar-refractivity contribution in [2.24, 2.45) is 0 Å². The molecule has 1 saturated heterocycles. The maximum atomic E-state index is 13.3. The van der Waals surface area contributed by atoms with Crippen LogP contribution in [0.3, 0.4) is 0 Å². The first-order valence-electron chi connectivity index (χ1n) is 5.40. The lowest BCUT2D eigenvalue weighted by Gasteiger charge is -2.22. The van der Waals surface area contributed by atoms with Crippen molar-refractivity contribution in [3.8, 4) is 6.07 Å². The second-order valence-electron chi connectivity index (χ2n) is 3.95. The zero-order chi connectivity index (χ0) is 13.1. The van der Waals surface area contributed by atoms with Crippen molar-refractivity contribution >= 4 is 17.5 Å². The van der Waals surface area contributed by atoms with E-state index in [4.69, 9.17) is 5.26 Å². The van der Waals surface area contributed by atoms with Crippen LogP contribution in [0.1, 0.15) is 18.4 Å². The third-order valence-electron chi connectivity index (χ3n) is 2.67. The van der Waals surface area contributed by atoms with Gasteiger partial charge in [0.2, 0.25) is 11.8 Å². The molecule has 2 N–H and O–H groups in total. The molecule has 0 bridgehead atoms. The average molecular weight is 247 g/mol. The van der Waals surface area contributed by atoms with E-state index < -0.39 is 17.8 Å². The van der Waals surface area contributed by atoms with Crippen molar-refractivity contribution < 1.29 is 14.0 Å². The molecule has 0 spiro atoms. The van der Waals surface area contributed by atoms with Gasteiger partial charge in [0.25, 0.3) is 0 Å². The summed E-state index contributed by atoms with van der Waals surface area (Å²) in [5, 5.41) is 13.6. The Bertz CT molecular complexity index is 551. The molecule has 1 aromatic carbocycles. The minimum atomic E-state index is -0.644. The molecule has 0 aromatic heterocycles. The largest absolute Gasteiger partial charge is 0.374 e. The number of anilines is 1. The predicted molar refractivity (Wildman–Crippen MR) is 60.9 cm³/mol. The molecule has 1 unspecified atom stereocenters. The molecule has 1 aliphatic rings. The van der Waals surface area contributed by atoms with Gasteiger partial charge in [0, 0.05) is 12.1 Å². The van der Waals surface area contributed by atoms with Crippen molar-refractivity contribution in [3.05, 3.63) is 29.6 Å². The summed E-state index contributed by atoms with van der Waals surface area (Å²) in [6.45, 7) is 0. The van der Waals surface area contributed by atoms with Crippen LogP contribution in [0.4, 0.5) is 10.1 Å². The number of carbonyl (C=O) groups excluding carboxylic acids is 2. The highest BCUT2D eigenvalue weighted by molar-refractivity contribution is 6.01. The van der Waals surface area contributed by atoms with Gasteiger partial charge in [0.15, 0.2) is 0 Å². The van der Waals surface area contributed by atoms with E-state index >= 15 is 0 Å². The van der Waals surface area contributed by atoms with Gasteiger partial charge in [-0.25, -0.2) is 4.39 Å². The van der Waals surface area contributed by atoms with Crippen LogP contribution in [0, 0.1) is 17.1 Å². The van der Waals surface area contributed by atoms with Crippen LogP contribution in [0.5, 0.6) is 0 Å². The summed E-state index contributed by atoms with van der Waals surface area (Å²) in [5.41, 5.74) is 0.352. The number of amides is 2. The van der Waals surface area contributed by atoms with Gasteiger partial charge >= 0.3 is 0 Å². The minimum Gasteiger partial charge on any atom is -0.374 e. The molecule has 0 aliphatic carbocycles. The Labute approximate surface area is 103 Å². The molecule has 1 aliphatic heterocycles. The van der Waals surface area contributed by atoms with Gasteiger partial charge in [0.1, 0.15) is 17.9 Å². The van der Waals surface area contributed by atoms with E-state index in [0.29, 0.717) is 12.1 Å². The highest BCUT2D eigenvalue weighted by Crippen LogP contribution is 2.17. The molecule has 1 atom stereocenters. The molecular weight excluding hydrogens is 237 g/mol. The van der Waals surface area contributed by atoms with Gasteiger partial charge in [-0.3, -0.25) is 14.9 Å². The second-order valence-corrected chi connectivity index (χ2v) is 3.95. The second kappa shape index (κ2) is 4.84. The van der Waals surface area contributed by atoms with Crippen LogP contribution in [0.2, 0.25) is 0 Å². The number of imide groups is 1. The average Bonchev–Trinajstić information content (AvgIpc) is 2.33. The Morgan fingerprint density at radius 3 is 2.83 bits per heavy atom. The van der Waals surface area contributed by atoms with E-state index in [0.717, 1.165) is 6.07 Å². The molecule has 2 amide bonds. The third kappa shape index (κ3) is 2.46. The third-order valence-corrected chi connectivity index (χ3v) is 2.67. The minimum absolute atomic E-state index is 0.0520. The number of hydrogen-bond acceptors (Lipinski definition) is 4. The summed E-state index contributed by atoms with van der Waals surface area (Å²) < 4.78 is 13.3. The van der Waals surface area contributed by atoms with E-state index in [1.54, 1.807) is 6.07 Å². The van der Waals surface area contributed by atoms with Crippen LogP contribution in [-0.4, -0.2) is 17.9 Å². The molecule has 1 aromatic rings. The first-order valence-corrected chi connectivity index (χ1v) is 5.40. The van der Waals surface area contributed by atoms with Crippen molar-refractivity contribution in [1.29, 1.82) is 5.26 Å². The van der Waals surface area contributed by atoms with Crippen molar-refractivity contribution in [1.82, 2.24) is 5.32 Å². The van der Waals surface area contributed by atoms with Crippen molar-refractivity contribution in [3.63, 3.8) is 0 Å². The number of piperidine rings is 1. The Morgan fingerprint density at radius 1 is 1.44 bits per heavy atom. The molecule has 0 saturated carbocycles. The monoisotopic (exact) mass is 247 g/mol. The van der Waals surface area contributed by atoms with Gasteiger partial charge < -0.3 is 5.32 Å². The molecule has 5 nitrogen and oxygen atoms in total. The van der Waals surface area contributed by atoms with Crippen LogP contribution in [-0.2, 0) is 9.59 Å². The highest BCUT2D eigenvalue weighted by Gasteiger charge is 2.26. The quantitative estimate of drug-likeness (QED) is 0.761. The number of hydrogen-bond donors (Lipinski definition) is 2. The molecule has 2 rings (SSSR count). The Morgan fingerprint density at radius 2 is 2.22 bits per heavy atom. The zero-order valence-electron chi connectivity index (χ0n) is 9.37. The Kier molecular flexibility index (Phi) is 3.24. The maximum Gasteiger partial charge on any atom is 0.249 e. The predicted octanol–water partition coefficient (Wildman–Crippen LogP) is 0.914. The fourth-order valence-corrected chi connectivity index (χ4v) is 1.73. The number of nitrogens with one attached hydrogen (secondary N) is 2. The summed E-state index contributed by atoms with van der Waals surface area (Å²) in [4.78, 5) is 22.4. The summed E-state index contributed by atoms with van der Waals surface area (Å²) >= 11 is 0. The van der Waals surface area contributed by atoms with Crippen LogP contribution < -0.4 is 10.6 Å². The lowest BCUT2D eigenvalue weighted by atomic mass is 10.1. The van der Waals surface area contributed by atoms with Gasteiger partial charge in [-0.15, -0.1) is 0 Å². The number of rotatable bonds is 2. The van der Waals surface area contributed by atoms with Gasteiger partial charge in [-0.2, -0.15) is 5.26 Å². The first kappa shape index (κ1) is 12.0. The van der Waals surface area contributed by atoms with Gasteiger partial charge in [-0.1, -0.05) is 0 Å². The molecule has 18 heavy (non-hydrogen) atoms. The molecule has 1 heterocycles. The van der Waals surface area contributed by atoms with Crippen molar-refractivity contribution in [2.75, 3.05) is 5.32 Å². The van der Waals surface area contributed by atoms with Gasteiger partial charge in [-0.05, 0) is 24.6 Å². The fourth-order valence-electron chi connectivity index (χ4n) is 1.73. The number of halogens is 1. The first-order chi connectivity index (χ1) is 8.60. The Hall–Kier alpha value is -2.42. The van der Waals surface area contributed by atoms with E-state index in [-0.39, 0.29) is 17.9 Å². The molecule has 6 heteroatoms. The summed E-state index contributed by atoms with van der Waals surface area (Å²) in [5.74, 6) is -1.37. The molecule has 0 radical (unpaired) electrons. The molecule has 92 valence electrons. The molecule has 1 fully saturated rings. The van der Waals surface area contributed by atoms with Gasteiger partial charge in [0.05, 0.1) is 5.56 Å². The standard InChI is InChI=1S/C12H10FN3O2/c13-9-5-8(2-1-7(9)6-14)15-10-3-4-11(17)16-12(10)18/h1-2,5,10,15H,3-4H2,(H,16,17,18). The maximum absolute atomic E-state index is 13.3. The number of benzene rings is 1.